The number of ether oxygens (including phenoxy) is 1. The number of likely N-dealkylation sites (tertiary alicyclic amines) is 1. The van der Waals surface area contributed by atoms with Crippen molar-refractivity contribution in [2.24, 2.45) is 0 Å². The van der Waals surface area contributed by atoms with E-state index < -0.39 is 0 Å². The van der Waals surface area contributed by atoms with Crippen molar-refractivity contribution in [3.63, 3.8) is 0 Å². The predicted molar refractivity (Wildman–Crippen MR) is 81.3 cm³/mol. The number of amides is 2. The lowest BCUT2D eigenvalue weighted by molar-refractivity contribution is -0.134. The van der Waals surface area contributed by atoms with Crippen LogP contribution in [-0.4, -0.2) is 36.4 Å². The summed E-state index contributed by atoms with van der Waals surface area (Å²) in [7, 11) is 0. The van der Waals surface area contributed by atoms with Crippen LogP contribution in [0.15, 0.2) is 24.3 Å². The number of benzene rings is 1. The fourth-order valence-corrected chi connectivity index (χ4v) is 2.38. The smallest absolute Gasteiger partial charge is 0.243 e. The minimum Gasteiger partial charge on any atom is -0.494 e. The number of hydrogen-bond acceptors (Lipinski definition) is 3. The molecule has 2 rings (SSSR count). The van der Waals surface area contributed by atoms with Gasteiger partial charge < -0.3 is 15.0 Å². The molecule has 0 atom stereocenters. The Bertz CT molecular complexity index is 485. The number of nitrogens with zero attached hydrogens (tertiary/aromatic N) is 1. The Labute approximate surface area is 125 Å². The minimum atomic E-state index is -0.158. The zero-order valence-corrected chi connectivity index (χ0v) is 12.4. The Morgan fingerprint density at radius 3 is 2.71 bits per heavy atom. The summed E-state index contributed by atoms with van der Waals surface area (Å²) < 4.78 is 5.35. The molecule has 0 spiro atoms. The highest BCUT2D eigenvalue weighted by atomic mass is 16.5. The van der Waals surface area contributed by atoms with Gasteiger partial charge in [0.1, 0.15) is 5.75 Å². The quantitative estimate of drug-likeness (QED) is 0.906. The summed E-state index contributed by atoms with van der Waals surface area (Å²) in [4.78, 5) is 25.5. The molecule has 1 aliphatic heterocycles. The van der Waals surface area contributed by atoms with Gasteiger partial charge in [0.25, 0.3) is 0 Å². The van der Waals surface area contributed by atoms with Gasteiger partial charge in [-0.3, -0.25) is 9.59 Å². The predicted octanol–water partition coefficient (Wildman–Crippen LogP) is 2.43. The standard InChI is InChI=1S/C16H22N2O3/c1-2-21-14-9-7-13(8-10-14)17-15(19)12-18-11-5-3-4-6-16(18)20/h7-10H,2-6,11-12H2,1H3,(H,17,19). The maximum Gasteiger partial charge on any atom is 0.243 e. The van der Waals surface area contributed by atoms with Crippen LogP contribution in [0.1, 0.15) is 32.6 Å². The molecule has 1 fully saturated rings. The zero-order chi connectivity index (χ0) is 15.1. The van der Waals surface area contributed by atoms with E-state index in [0.29, 0.717) is 25.3 Å². The molecule has 1 heterocycles. The second-order valence-electron chi connectivity index (χ2n) is 5.13. The third-order valence-electron chi connectivity index (χ3n) is 3.45. The molecule has 1 aromatic rings. The van der Waals surface area contributed by atoms with Crippen LogP contribution in [0, 0.1) is 0 Å². The van der Waals surface area contributed by atoms with Gasteiger partial charge in [-0.25, -0.2) is 0 Å². The van der Waals surface area contributed by atoms with Gasteiger partial charge in [0, 0.05) is 18.7 Å². The first-order valence-electron chi connectivity index (χ1n) is 7.49. The first-order valence-corrected chi connectivity index (χ1v) is 7.49. The fraction of sp³-hybridized carbons (Fsp3) is 0.500. The van der Waals surface area contributed by atoms with Gasteiger partial charge in [-0.15, -0.1) is 0 Å². The van der Waals surface area contributed by atoms with Gasteiger partial charge in [0.05, 0.1) is 13.2 Å². The molecule has 0 bridgehead atoms. The maximum atomic E-state index is 12.0. The third-order valence-corrected chi connectivity index (χ3v) is 3.45. The summed E-state index contributed by atoms with van der Waals surface area (Å²) >= 11 is 0. The Hall–Kier alpha value is -2.04. The molecule has 1 saturated heterocycles. The second-order valence-corrected chi connectivity index (χ2v) is 5.13. The van der Waals surface area contributed by atoms with Crippen molar-refractivity contribution in [2.45, 2.75) is 32.6 Å². The van der Waals surface area contributed by atoms with E-state index in [4.69, 9.17) is 4.74 Å². The topological polar surface area (TPSA) is 58.6 Å². The maximum absolute atomic E-state index is 12.0. The van der Waals surface area contributed by atoms with E-state index in [0.717, 1.165) is 25.0 Å². The first kappa shape index (κ1) is 15.4. The van der Waals surface area contributed by atoms with Crippen LogP contribution in [0.4, 0.5) is 5.69 Å². The van der Waals surface area contributed by atoms with Crippen molar-refractivity contribution >= 4 is 17.5 Å². The summed E-state index contributed by atoms with van der Waals surface area (Å²) in [6.07, 6.45) is 3.51. The van der Waals surface area contributed by atoms with E-state index in [-0.39, 0.29) is 18.4 Å². The van der Waals surface area contributed by atoms with E-state index in [1.807, 2.05) is 19.1 Å². The monoisotopic (exact) mass is 290 g/mol. The van der Waals surface area contributed by atoms with E-state index in [1.54, 1.807) is 17.0 Å². The SMILES string of the molecule is CCOc1ccc(NC(=O)CN2CCCCCC2=O)cc1. The van der Waals surface area contributed by atoms with Crippen molar-refractivity contribution in [1.29, 1.82) is 0 Å². The molecule has 0 aromatic heterocycles. The van der Waals surface area contributed by atoms with Crippen molar-refractivity contribution in [3.05, 3.63) is 24.3 Å². The highest BCUT2D eigenvalue weighted by molar-refractivity contribution is 5.94. The Morgan fingerprint density at radius 2 is 2.00 bits per heavy atom. The summed E-state index contributed by atoms with van der Waals surface area (Å²) in [5, 5.41) is 2.81. The van der Waals surface area contributed by atoms with E-state index in [9.17, 15) is 9.59 Å². The van der Waals surface area contributed by atoms with Crippen LogP contribution in [0.3, 0.4) is 0 Å². The van der Waals surface area contributed by atoms with Crippen molar-refractivity contribution in [3.8, 4) is 5.75 Å². The van der Waals surface area contributed by atoms with Gasteiger partial charge >= 0.3 is 0 Å². The van der Waals surface area contributed by atoms with Crippen LogP contribution in [0.2, 0.25) is 0 Å². The summed E-state index contributed by atoms with van der Waals surface area (Å²) in [5.41, 5.74) is 0.714. The van der Waals surface area contributed by atoms with E-state index >= 15 is 0 Å². The van der Waals surface area contributed by atoms with Crippen LogP contribution in [-0.2, 0) is 9.59 Å². The molecule has 1 aromatic carbocycles. The van der Waals surface area contributed by atoms with Gasteiger partial charge in [0.2, 0.25) is 11.8 Å². The summed E-state index contributed by atoms with van der Waals surface area (Å²) in [6.45, 7) is 3.35. The first-order chi connectivity index (χ1) is 10.2. The second kappa shape index (κ2) is 7.67. The Balaban J connectivity index is 1.87. The molecule has 114 valence electrons. The molecule has 5 heteroatoms. The van der Waals surface area contributed by atoms with Crippen LogP contribution in [0.5, 0.6) is 5.75 Å². The number of anilines is 1. The molecule has 0 saturated carbocycles. The van der Waals surface area contributed by atoms with Crippen molar-refractivity contribution in [2.75, 3.05) is 25.0 Å². The molecule has 2 amide bonds. The molecule has 21 heavy (non-hydrogen) atoms. The molecule has 1 N–H and O–H groups in total. The fourth-order valence-electron chi connectivity index (χ4n) is 2.38. The molecular weight excluding hydrogens is 268 g/mol. The summed E-state index contributed by atoms with van der Waals surface area (Å²) in [6, 6.07) is 7.23. The molecule has 1 aliphatic rings. The number of carbonyl (C=O) groups is 2. The molecule has 0 radical (unpaired) electrons. The van der Waals surface area contributed by atoms with Crippen LogP contribution >= 0.6 is 0 Å². The lowest BCUT2D eigenvalue weighted by atomic mass is 10.2. The Morgan fingerprint density at radius 1 is 1.24 bits per heavy atom. The lowest BCUT2D eigenvalue weighted by Crippen LogP contribution is -2.37. The molecule has 0 aliphatic carbocycles. The van der Waals surface area contributed by atoms with E-state index in [1.165, 1.54) is 0 Å². The number of hydrogen-bond donors (Lipinski definition) is 1. The lowest BCUT2D eigenvalue weighted by Gasteiger charge is -2.19. The zero-order valence-electron chi connectivity index (χ0n) is 12.4. The molecular formula is C16H22N2O3. The average Bonchev–Trinajstić information content (AvgIpc) is 2.67. The third kappa shape index (κ3) is 4.77. The Kier molecular flexibility index (Phi) is 5.60. The van der Waals surface area contributed by atoms with Crippen molar-refractivity contribution < 1.29 is 14.3 Å². The van der Waals surface area contributed by atoms with Crippen molar-refractivity contribution in [1.82, 2.24) is 4.90 Å². The highest BCUT2D eigenvalue weighted by Crippen LogP contribution is 2.16. The number of carbonyl (C=O) groups excluding carboxylic acids is 2. The largest absolute Gasteiger partial charge is 0.494 e. The van der Waals surface area contributed by atoms with E-state index in [2.05, 4.69) is 5.32 Å². The minimum absolute atomic E-state index is 0.0781. The van der Waals surface area contributed by atoms with Crippen LogP contribution in [0.25, 0.3) is 0 Å². The van der Waals surface area contributed by atoms with Gasteiger partial charge in [-0.1, -0.05) is 6.42 Å². The number of rotatable bonds is 5. The molecule has 5 nitrogen and oxygen atoms in total. The van der Waals surface area contributed by atoms with Gasteiger partial charge in [0.15, 0.2) is 0 Å². The normalized spacial score (nSPS) is 15.5. The number of nitrogens with one attached hydrogen (secondary N) is 1. The summed E-state index contributed by atoms with van der Waals surface area (Å²) in [5.74, 6) is 0.696. The average molecular weight is 290 g/mol. The molecule has 0 unspecified atom stereocenters. The van der Waals surface area contributed by atoms with Gasteiger partial charge in [-0.2, -0.15) is 0 Å². The highest BCUT2D eigenvalue weighted by Gasteiger charge is 2.19. The van der Waals surface area contributed by atoms with Crippen LogP contribution < -0.4 is 10.1 Å². The van der Waals surface area contributed by atoms with Gasteiger partial charge in [-0.05, 0) is 44.0 Å².